The van der Waals surface area contributed by atoms with E-state index >= 15 is 0 Å². The van der Waals surface area contributed by atoms with E-state index in [4.69, 9.17) is 4.74 Å². The monoisotopic (exact) mass is 445 g/mol. The van der Waals surface area contributed by atoms with Gasteiger partial charge in [0.25, 0.3) is 0 Å². The van der Waals surface area contributed by atoms with E-state index < -0.39 is 0 Å². The summed E-state index contributed by atoms with van der Waals surface area (Å²) in [5, 5.41) is 14.4. The van der Waals surface area contributed by atoms with E-state index in [9.17, 15) is 9.90 Å². The molecule has 1 fully saturated rings. The van der Waals surface area contributed by atoms with Crippen LogP contribution in [0.15, 0.2) is 66.9 Å². The molecule has 3 aromatic rings. The van der Waals surface area contributed by atoms with Crippen molar-refractivity contribution in [3.05, 3.63) is 78.0 Å². The standard InChI is InChI=1S/C27H31N3O3/c1-33-25-11-6-8-21(27(25)32)7-2-5-12-26(31)28-15-18-30-16-13-20(14-17-30)23-19-29-24-10-4-3-9-22(23)24/h2-12,19-20,29,32H,13-18H2,1H3,(H,28,31). The number of piperidine rings is 1. The summed E-state index contributed by atoms with van der Waals surface area (Å²) in [5.41, 5.74) is 3.27. The number of likely N-dealkylation sites (tertiary alicyclic amines) is 1. The number of phenolic OH excluding ortho intramolecular Hbond substituents is 1. The Kier molecular flexibility index (Phi) is 7.47. The Hall–Kier alpha value is -3.51. The predicted octanol–water partition coefficient (Wildman–Crippen LogP) is 4.45. The van der Waals surface area contributed by atoms with E-state index in [1.54, 1.807) is 36.4 Å². The van der Waals surface area contributed by atoms with Crippen molar-refractivity contribution in [2.45, 2.75) is 18.8 Å². The fourth-order valence-corrected chi connectivity index (χ4v) is 4.44. The number of aromatic nitrogens is 1. The molecule has 0 atom stereocenters. The van der Waals surface area contributed by atoms with Gasteiger partial charge in [0, 0.05) is 41.8 Å². The first kappa shape index (κ1) is 22.7. The van der Waals surface area contributed by atoms with E-state index in [1.165, 1.54) is 29.7 Å². The number of amides is 1. The van der Waals surface area contributed by atoms with Crippen molar-refractivity contribution in [1.29, 1.82) is 0 Å². The van der Waals surface area contributed by atoms with E-state index in [0.717, 1.165) is 32.5 Å². The summed E-state index contributed by atoms with van der Waals surface area (Å²) in [6.45, 7) is 3.57. The Bertz CT molecular complexity index is 1140. The highest BCUT2D eigenvalue weighted by Gasteiger charge is 2.22. The number of phenols is 1. The second kappa shape index (κ2) is 10.9. The van der Waals surface area contributed by atoms with Crippen molar-refractivity contribution in [2.24, 2.45) is 0 Å². The van der Waals surface area contributed by atoms with Crippen molar-refractivity contribution in [1.82, 2.24) is 15.2 Å². The number of aromatic amines is 1. The normalized spacial score (nSPS) is 15.5. The zero-order chi connectivity index (χ0) is 23.0. The SMILES string of the molecule is COc1cccc(C=CC=CC(=O)NCCN2CCC(c3c[nH]c4ccccc34)CC2)c1O. The first-order chi connectivity index (χ1) is 16.2. The highest BCUT2D eigenvalue weighted by Crippen LogP contribution is 2.33. The zero-order valence-corrected chi connectivity index (χ0v) is 19.0. The van der Waals surface area contributed by atoms with Crippen LogP contribution in [0.1, 0.15) is 29.9 Å². The Balaban J connectivity index is 1.18. The molecule has 1 aliphatic rings. The fourth-order valence-electron chi connectivity index (χ4n) is 4.44. The Morgan fingerprint density at radius 1 is 1.18 bits per heavy atom. The number of carbonyl (C=O) groups excluding carboxylic acids is 1. The summed E-state index contributed by atoms with van der Waals surface area (Å²) in [5.74, 6) is 0.973. The molecule has 0 bridgehead atoms. The molecular formula is C27H31N3O3. The number of nitrogens with one attached hydrogen (secondary N) is 2. The van der Waals surface area contributed by atoms with E-state index in [1.807, 2.05) is 0 Å². The van der Waals surface area contributed by atoms with Gasteiger partial charge in [0.05, 0.1) is 7.11 Å². The van der Waals surface area contributed by atoms with Gasteiger partial charge in [-0.25, -0.2) is 0 Å². The molecular weight excluding hydrogens is 414 g/mol. The molecule has 2 heterocycles. The number of ether oxygens (including phenoxy) is 1. The van der Waals surface area contributed by atoms with Gasteiger partial charge in [-0.05, 0) is 49.5 Å². The Morgan fingerprint density at radius 3 is 2.82 bits per heavy atom. The minimum absolute atomic E-state index is 0.0857. The van der Waals surface area contributed by atoms with Crippen molar-refractivity contribution >= 4 is 22.9 Å². The van der Waals surface area contributed by atoms with Crippen molar-refractivity contribution in [2.75, 3.05) is 33.3 Å². The van der Waals surface area contributed by atoms with E-state index in [0.29, 0.717) is 23.8 Å². The minimum atomic E-state index is -0.122. The van der Waals surface area contributed by atoms with E-state index in [-0.39, 0.29) is 11.7 Å². The quantitative estimate of drug-likeness (QED) is 0.354. The second-order valence-corrected chi connectivity index (χ2v) is 8.31. The van der Waals surface area contributed by atoms with Gasteiger partial charge in [-0.15, -0.1) is 0 Å². The second-order valence-electron chi connectivity index (χ2n) is 8.31. The van der Waals surface area contributed by atoms with Crippen LogP contribution in [-0.4, -0.2) is 54.2 Å². The van der Waals surface area contributed by atoms with Crippen LogP contribution in [-0.2, 0) is 4.79 Å². The summed E-state index contributed by atoms with van der Waals surface area (Å²) in [4.78, 5) is 17.9. The van der Waals surface area contributed by atoms with Crippen LogP contribution in [0.5, 0.6) is 11.5 Å². The summed E-state index contributed by atoms with van der Waals surface area (Å²) < 4.78 is 5.09. The molecule has 0 radical (unpaired) electrons. The third kappa shape index (κ3) is 5.65. The molecule has 6 heteroatoms. The molecule has 1 aromatic heterocycles. The number of allylic oxidation sites excluding steroid dienone is 2. The van der Waals surface area contributed by atoms with Gasteiger partial charge in [-0.3, -0.25) is 4.79 Å². The third-order valence-corrected chi connectivity index (χ3v) is 6.26. The van der Waals surface area contributed by atoms with Crippen LogP contribution < -0.4 is 10.1 Å². The Morgan fingerprint density at radius 2 is 2.00 bits per heavy atom. The first-order valence-corrected chi connectivity index (χ1v) is 11.4. The number of carbonyl (C=O) groups is 1. The number of benzene rings is 2. The molecule has 0 saturated carbocycles. The fraction of sp³-hybridized carbons (Fsp3) is 0.296. The lowest BCUT2D eigenvalue weighted by molar-refractivity contribution is -0.116. The lowest BCUT2D eigenvalue weighted by Crippen LogP contribution is -2.38. The maximum atomic E-state index is 12.1. The molecule has 6 nitrogen and oxygen atoms in total. The van der Waals surface area contributed by atoms with Gasteiger partial charge in [-0.1, -0.05) is 48.6 Å². The topological polar surface area (TPSA) is 77.6 Å². The minimum Gasteiger partial charge on any atom is -0.504 e. The van der Waals surface area contributed by atoms with Gasteiger partial charge >= 0.3 is 0 Å². The Labute approximate surface area is 194 Å². The molecule has 1 aliphatic heterocycles. The molecule has 33 heavy (non-hydrogen) atoms. The largest absolute Gasteiger partial charge is 0.504 e. The zero-order valence-electron chi connectivity index (χ0n) is 19.0. The summed E-state index contributed by atoms with van der Waals surface area (Å²) in [6, 6.07) is 13.8. The van der Waals surface area contributed by atoms with Crippen LogP contribution in [0.3, 0.4) is 0 Å². The number of para-hydroxylation sites is 2. The number of aromatic hydroxyl groups is 1. The number of hydrogen-bond acceptors (Lipinski definition) is 4. The van der Waals surface area contributed by atoms with Gasteiger partial charge in [0.1, 0.15) is 0 Å². The third-order valence-electron chi connectivity index (χ3n) is 6.26. The average Bonchev–Trinajstić information content (AvgIpc) is 3.27. The maximum Gasteiger partial charge on any atom is 0.244 e. The maximum absolute atomic E-state index is 12.1. The number of nitrogens with zero attached hydrogens (tertiary/aromatic N) is 1. The molecule has 0 spiro atoms. The van der Waals surface area contributed by atoms with Gasteiger partial charge in [0.2, 0.25) is 5.91 Å². The van der Waals surface area contributed by atoms with Crippen molar-refractivity contribution in [3.8, 4) is 11.5 Å². The number of rotatable bonds is 8. The van der Waals surface area contributed by atoms with Gasteiger partial charge < -0.3 is 25.0 Å². The van der Waals surface area contributed by atoms with Crippen molar-refractivity contribution < 1.29 is 14.6 Å². The van der Waals surface area contributed by atoms with Crippen LogP contribution in [0.4, 0.5) is 0 Å². The first-order valence-electron chi connectivity index (χ1n) is 11.4. The number of H-pyrrole nitrogens is 1. The number of fused-ring (bicyclic) bond motifs is 1. The van der Waals surface area contributed by atoms with Crippen LogP contribution >= 0.6 is 0 Å². The van der Waals surface area contributed by atoms with Crippen LogP contribution in [0, 0.1) is 0 Å². The lowest BCUT2D eigenvalue weighted by atomic mass is 9.89. The molecule has 1 amide bonds. The predicted molar refractivity (Wildman–Crippen MR) is 133 cm³/mol. The number of hydrogen-bond donors (Lipinski definition) is 3. The highest BCUT2D eigenvalue weighted by atomic mass is 16.5. The highest BCUT2D eigenvalue weighted by molar-refractivity contribution is 5.88. The van der Waals surface area contributed by atoms with Crippen LogP contribution in [0.25, 0.3) is 17.0 Å². The number of methoxy groups -OCH3 is 1. The lowest BCUT2D eigenvalue weighted by Gasteiger charge is -2.31. The molecule has 2 aromatic carbocycles. The smallest absolute Gasteiger partial charge is 0.244 e. The van der Waals surface area contributed by atoms with Gasteiger partial charge in [0.15, 0.2) is 11.5 Å². The average molecular weight is 446 g/mol. The summed E-state index contributed by atoms with van der Waals surface area (Å²) >= 11 is 0. The summed E-state index contributed by atoms with van der Waals surface area (Å²) in [7, 11) is 1.51. The molecule has 4 rings (SSSR count). The van der Waals surface area contributed by atoms with Crippen LogP contribution in [0.2, 0.25) is 0 Å². The molecule has 1 saturated heterocycles. The van der Waals surface area contributed by atoms with Gasteiger partial charge in [-0.2, -0.15) is 0 Å². The molecule has 0 aliphatic carbocycles. The molecule has 3 N–H and O–H groups in total. The summed E-state index contributed by atoms with van der Waals surface area (Å²) in [6.07, 6.45) is 11.1. The molecule has 172 valence electrons. The van der Waals surface area contributed by atoms with E-state index in [2.05, 4.69) is 45.7 Å². The van der Waals surface area contributed by atoms with Crippen molar-refractivity contribution in [3.63, 3.8) is 0 Å². The molecule has 0 unspecified atom stereocenters.